The Morgan fingerprint density at radius 3 is 2.38 bits per heavy atom. The van der Waals surface area contributed by atoms with Crippen LogP contribution >= 0.6 is 0 Å². The summed E-state index contributed by atoms with van der Waals surface area (Å²) in [5.41, 5.74) is 4.44. The number of fused-ring (bicyclic) bond motifs is 3. The van der Waals surface area contributed by atoms with Gasteiger partial charge in [0.15, 0.2) is 0 Å². The molecular formula is C22H26O2. The molecule has 0 spiro atoms. The molecule has 2 aliphatic carbocycles. The minimum Gasteiger partial charge on any atom is -0.508 e. The van der Waals surface area contributed by atoms with Crippen molar-refractivity contribution in [1.29, 1.82) is 0 Å². The van der Waals surface area contributed by atoms with E-state index in [2.05, 4.69) is 32.0 Å². The van der Waals surface area contributed by atoms with Gasteiger partial charge >= 0.3 is 0 Å². The second-order valence-electron chi connectivity index (χ2n) is 8.46. The highest BCUT2D eigenvalue weighted by Crippen LogP contribution is 2.56. The molecule has 24 heavy (non-hydrogen) atoms. The highest BCUT2D eigenvalue weighted by atomic mass is 16.3. The number of benzene rings is 2. The van der Waals surface area contributed by atoms with Crippen molar-refractivity contribution in [3.63, 3.8) is 0 Å². The fraction of sp³-hybridized carbons (Fsp3) is 0.455. The lowest BCUT2D eigenvalue weighted by Gasteiger charge is -2.48. The van der Waals surface area contributed by atoms with E-state index in [0.29, 0.717) is 34.7 Å². The zero-order chi connectivity index (χ0) is 16.9. The van der Waals surface area contributed by atoms with Gasteiger partial charge in [-0.1, -0.05) is 32.0 Å². The van der Waals surface area contributed by atoms with E-state index >= 15 is 0 Å². The highest BCUT2D eigenvalue weighted by molar-refractivity contribution is 5.43. The van der Waals surface area contributed by atoms with Crippen molar-refractivity contribution in [1.82, 2.24) is 0 Å². The van der Waals surface area contributed by atoms with Crippen LogP contribution in [0.4, 0.5) is 0 Å². The van der Waals surface area contributed by atoms with Gasteiger partial charge in [-0.25, -0.2) is 0 Å². The Labute approximate surface area is 144 Å². The van der Waals surface area contributed by atoms with E-state index in [-0.39, 0.29) is 0 Å². The summed E-state index contributed by atoms with van der Waals surface area (Å²) in [4.78, 5) is 0. The van der Waals surface area contributed by atoms with Crippen LogP contribution in [0.25, 0.3) is 0 Å². The minimum absolute atomic E-state index is 0.334. The first kappa shape index (κ1) is 15.6. The first-order valence-corrected chi connectivity index (χ1v) is 9.04. The monoisotopic (exact) mass is 322 g/mol. The number of aromatic hydroxyl groups is 2. The number of phenolic OH excluding ortho intramolecular Hbond substituents is 2. The van der Waals surface area contributed by atoms with E-state index in [0.717, 1.165) is 6.42 Å². The van der Waals surface area contributed by atoms with Gasteiger partial charge in [0.25, 0.3) is 0 Å². The maximum Gasteiger partial charge on any atom is 0.115 e. The largest absolute Gasteiger partial charge is 0.508 e. The fourth-order valence-corrected chi connectivity index (χ4v) is 5.02. The summed E-state index contributed by atoms with van der Waals surface area (Å²) in [5.74, 6) is 2.36. The topological polar surface area (TPSA) is 40.5 Å². The lowest BCUT2D eigenvalue weighted by atomic mass is 9.57. The Morgan fingerprint density at radius 2 is 1.62 bits per heavy atom. The summed E-state index contributed by atoms with van der Waals surface area (Å²) < 4.78 is 0. The molecule has 0 heterocycles. The molecule has 2 aliphatic rings. The van der Waals surface area contributed by atoms with Crippen LogP contribution in [0.2, 0.25) is 0 Å². The van der Waals surface area contributed by atoms with Gasteiger partial charge in [-0.05, 0) is 89.8 Å². The Hall–Kier alpha value is -1.96. The molecule has 2 nitrogen and oxygen atoms in total. The predicted octanol–water partition coefficient (Wildman–Crippen LogP) is 5.35. The predicted molar refractivity (Wildman–Crippen MR) is 96.5 cm³/mol. The lowest BCUT2D eigenvalue weighted by Crippen LogP contribution is -2.36. The van der Waals surface area contributed by atoms with Crippen LogP contribution in [0.1, 0.15) is 61.6 Å². The molecule has 126 valence electrons. The first-order chi connectivity index (χ1) is 11.4. The summed E-state index contributed by atoms with van der Waals surface area (Å²) in [6.45, 7) is 4.74. The molecule has 0 aliphatic heterocycles. The van der Waals surface area contributed by atoms with E-state index in [1.54, 1.807) is 0 Å². The van der Waals surface area contributed by atoms with Crippen molar-refractivity contribution < 1.29 is 10.2 Å². The van der Waals surface area contributed by atoms with Crippen molar-refractivity contribution in [2.45, 2.75) is 51.4 Å². The summed E-state index contributed by atoms with van der Waals surface area (Å²) in [5, 5.41) is 19.6. The molecule has 3 atom stereocenters. The minimum atomic E-state index is 0.334. The van der Waals surface area contributed by atoms with Gasteiger partial charge in [0.2, 0.25) is 0 Å². The summed E-state index contributed by atoms with van der Waals surface area (Å²) >= 11 is 0. The van der Waals surface area contributed by atoms with Crippen LogP contribution in [-0.4, -0.2) is 10.2 Å². The van der Waals surface area contributed by atoms with Crippen LogP contribution in [0, 0.1) is 11.3 Å². The summed E-state index contributed by atoms with van der Waals surface area (Å²) in [6.07, 6.45) is 4.71. The lowest BCUT2D eigenvalue weighted by molar-refractivity contribution is 0.134. The molecule has 2 N–H and O–H groups in total. The smallest absolute Gasteiger partial charge is 0.115 e. The summed E-state index contributed by atoms with van der Waals surface area (Å²) in [6, 6.07) is 13.7. The van der Waals surface area contributed by atoms with E-state index in [9.17, 15) is 10.2 Å². The quantitative estimate of drug-likeness (QED) is 0.743. The van der Waals surface area contributed by atoms with Gasteiger partial charge < -0.3 is 10.2 Å². The Bertz CT molecular complexity index is 745. The van der Waals surface area contributed by atoms with Gasteiger partial charge in [-0.15, -0.1) is 0 Å². The normalized spacial score (nSPS) is 28.0. The zero-order valence-electron chi connectivity index (χ0n) is 14.5. The van der Waals surface area contributed by atoms with Gasteiger partial charge in [0.05, 0.1) is 0 Å². The fourth-order valence-electron chi connectivity index (χ4n) is 5.02. The Balaban J connectivity index is 1.78. The third kappa shape index (κ3) is 2.68. The molecule has 2 heteroatoms. The third-order valence-corrected chi connectivity index (χ3v) is 6.25. The highest BCUT2D eigenvalue weighted by Gasteiger charge is 2.43. The van der Waals surface area contributed by atoms with E-state index in [1.807, 2.05) is 24.3 Å². The van der Waals surface area contributed by atoms with Gasteiger partial charge in [0, 0.05) is 0 Å². The SMILES string of the molecule is CC1(C)CC[C@@H]2[C@H](c3ccc(O)cc3)Cc3ccc(O)cc3[C@@H]2C1. The number of hydrogen-bond donors (Lipinski definition) is 2. The molecule has 0 bridgehead atoms. The van der Waals surface area contributed by atoms with E-state index in [4.69, 9.17) is 0 Å². The van der Waals surface area contributed by atoms with Gasteiger partial charge in [0.1, 0.15) is 11.5 Å². The van der Waals surface area contributed by atoms with Crippen molar-refractivity contribution in [3.8, 4) is 11.5 Å². The molecule has 2 aromatic rings. The Kier molecular flexibility index (Phi) is 3.59. The first-order valence-electron chi connectivity index (χ1n) is 9.04. The van der Waals surface area contributed by atoms with Crippen molar-refractivity contribution in [2.24, 2.45) is 11.3 Å². The average molecular weight is 322 g/mol. The van der Waals surface area contributed by atoms with Crippen LogP contribution < -0.4 is 0 Å². The second kappa shape index (κ2) is 5.54. The molecule has 0 aromatic heterocycles. The maximum absolute atomic E-state index is 9.99. The van der Waals surface area contributed by atoms with Crippen molar-refractivity contribution >= 4 is 0 Å². The molecule has 0 amide bonds. The third-order valence-electron chi connectivity index (χ3n) is 6.25. The zero-order valence-corrected chi connectivity index (χ0v) is 14.5. The maximum atomic E-state index is 9.99. The number of phenols is 2. The molecule has 0 saturated heterocycles. The number of hydrogen-bond acceptors (Lipinski definition) is 2. The molecule has 0 radical (unpaired) electrons. The van der Waals surface area contributed by atoms with Gasteiger partial charge in [-0.3, -0.25) is 0 Å². The van der Waals surface area contributed by atoms with Gasteiger partial charge in [-0.2, -0.15) is 0 Å². The standard InChI is InChI=1S/C22H26O2/c1-22(2)10-9-18-19(14-3-6-16(23)7-4-14)11-15-5-8-17(24)12-20(15)21(18)13-22/h3-8,12,18-19,21,23-24H,9-11,13H2,1-2H3/t18-,19+,21-/m1/s1. The summed E-state index contributed by atoms with van der Waals surface area (Å²) in [7, 11) is 0. The molecule has 2 aromatic carbocycles. The molecule has 1 saturated carbocycles. The molecular weight excluding hydrogens is 296 g/mol. The Morgan fingerprint density at radius 1 is 0.917 bits per heavy atom. The van der Waals surface area contributed by atoms with Crippen molar-refractivity contribution in [2.75, 3.05) is 0 Å². The van der Waals surface area contributed by atoms with Crippen LogP contribution in [0.3, 0.4) is 0 Å². The van der Waals surface area contributed by atoms with E-state index in [1.165, 1.54) is 36.0 Å². The molecule has 4 rings (SSSR count). The van der Waals surface area contributed by atoms with Crippen LogP contribution in [0.5, 0.6) is 11.5 Å². The van der Waals surface area contributed by atoms with Crippen molar-refractivity contribution in [3.05, 3.63) is 59.2 Å². The average Bonchev–Trinajstić information content (AvgIpc) is 2.54. The number of rotatable bonds is 1. The van der Waals surface area contributed by atoms with E-state index < -0.39 is 0 Å². The molecule has 0 unspecified atom stereocenters. The molecule has 1 fully saturated rings. The van der Waals surface area contributed by atoms with Crippen LogP contribution in [-0.2, 0) is 6.42 Å². The van der Waals surface area contributed by atoms with Crippen LogP contribution in [0.15, 0.2) is 42.5 Å². The second-order valence-corrected chi connectivity index (χ2v) is 8.46.